The van der Waals surface area contributed by atoms with E-state index in [0.29, 0.717) is 24.2 Å². The minimum Gasteiger partial charge on any atom is -0.494 e. The highest BCUT2D eigenvalue weighted by Crippen LogP contribution is 2.22. The number of hydrogen-bond acceptors (Lipinski definition) is 2. The fourth-order valence-corrected chi connectivity index (χ4v) is 2.24. The molecule has 2 aromatic rings. The first-order valence-corrected chi connectivity index (χ1v) is 7.81. The first-order valence-electron chi connectivity index (χ1n) is 7.81. The standard InChI is InChI=1S/C19H19F3O2/c20-19(21,22)13-4-14-24-17-10-7-15(8-11-17)9-12-18(23)16-5-2-1-3-6-16/h1-3,5-8,10-11H,4,9,12-14H2. The Balaban J connectivity index is 1.75. The number of carbonyl (C=O) groups is 1. The van der Waals surface area contributed by atoms with Gasteiger partial charge in [-0.25, -0.2) is 0 Å². The van der Waals surface area contributed by atoms with Gasteiger partial charge in [-0.2, -0.15) is 13.2 Å². The van der Waals surface area contributed by atoms with Crippen LogP contribution < -0.4 is 4.74 Å². The fraction of sp³-hybridized carbons (Fsp3) is 0.316. The van der Waals surface area contributed by atoms with Crippen LogP contribution >= 0.6 is 0 Å². The number of halogens is 3. The molecule has 128 valence electrons. The second kappa shape index (κ2) is 8.52. The zero-order valence-corrected chi connectivity index (χ0v) is 13.2. The first kappa shape index (κ1) is 18.0. The molecule has 0 aliphatic heterocycles. The molecule has 0 radical (unpaired) electrons. The molecule has 2 rings (SSSR count). The maximum atomic E-state index is 12.0. The van der Waals surface area contributed by atoms with Crippen LogP contribution in [0.25, 0.3) is 0 Å². The molecule has 2 nitrogen and oxygen atoms in total. The van der Waals surface area contributed by atoms with Gasteiger partial charge in [-0.15, -0.1) is 0 Å². The first-order chi connectivity index (χ1) is 11.4. The minimum absolute atomic E-state index is 0.0331. The van der Waals surface area contributed by atoms with Crippen LogP contribution in [0.2, 0.25) is 0 Å². The summed E-state index contributed by atoms with van der Waals surface area (Å²) in [6, 6.07) is 16.2. The van der Waals surface area contributed by atoms with E-state index in [4.69, 9.17) is 4.74 Å². The van der Waals surface area contributed by atoms with Crippen LogP contribution in [0.15, 0.2) is 54.6 Å². The van der Waals surface area contributed by atoms with Gasteiger partial charge in [-0.3, -0.25) is 4.79 Å². The van der Waals surface area contributed by atoms with Crippen LogP contribution in [0.4, 0.5) is 13.2 Å². The monoisotopic (exact) mass is 336 g/mol. The smallest absolute Gasteiger partial charge is 0.389 e. The van der Waals surface area contributed by atoms with Crippen molar-refractivity contribution in [3.05, 3.63) is 65.7 Å². The zero-order valence-electron chi connectivity index (χ0n) is 13.2. The Morgan fingerprint density at radius 3 is 2.25 bits per heavy atom. The summed E-state index contributed by atoms with van der Waals surface area (Å²) in [7, 11) is 0. The lowest BCUT2D eigenvalue weighted by atomic mass is 10.0. The van der Waals surface area contributed by atoms with E-state index in [1.54, 1.807) is 24.3 Å². The Hall–Kier alpha value is -2.30. The summed E-state index contributed by atoms with van der Waals surface area (Å²) in [5, 5.41) is 0. The molecule has 0 spiro atoms. The number of carbonyl (C=O) groups excluding carboxylic acids is 1. The van der Waals surface area contributed by atoms with Crippen molar-refractivity contribution in [1.29, 1.82) is 0 Å². The van der Waals surface area contributed by atoms with E-state index in [1.807, 2.05) is 30.3 Å². The summed E-state index contributed by atoms with van der Waals surface area (Å²) in [5.41, 5.74) is 1.68. The number of ketones is 1. The molecule has 0 saturated heterocycles. The molecule has 0 fully saturated rings. The Morgan fingerprint density at radius 1 is 0.958 bits per heavy atom. The van der Waals surface area contributed by atoms with Gasteiger partial charge in [-0.05, 0) is 30.5 Å². The van der Waals surface area contributed by atoms with Crippen LogP contribution in [0, 0.1) is 0 Å². The van der Waals surface area contributed by atoms with E-state index in [2.05, 4.69) is 0 Å². The molecule has 24 heavy (non-hydrogen) atoms. The van der Waals surface area contributed by atoms with E-state index in [-0.39, 0.29) is 18.8 Å². The van der Waals surface area contributed by atoms with E-state index in [1.165, 1.54) is 0 Å². The molecule has 0 amide bonds. The van der Waals surface area contributed by atoms with Gasteiger partial charge < -0.3 is 4.74 Å². The summed E-state index contributed by atoms with van der Waals surface area (Å²) in [6.45, 7) is 0.0331. The summed E-state index contributed by atoms with van der Waals surface area (Å²) in [6.07, 6.45) is -4.01. The van der Waals surface area contributed by atoms with Crippen LogP contribution in [-0.4, -0.2) is 18.6 Å². The second-order valence-electron chi connectivity index (χ2n) is 5.50. The third-order valence-electron chi connectivity index (χ3n) is 3.53. The largest absolute Gasteiger partial charge is 0.494 e. The molecule has 0 aliphatic rings. The third kappa shape index (κ3) is 6.44. The highest BCUT2D eigenvalue weighted by atomic mass is 19.4. The SMILES string of the molecule is O=C(CCc1ccc(OCCCC(F)(F)F)cc1)c1ccccc1. The van der Waals surface area contributed by atoms with Crippen molar-refractivity contribution in [2.24, 2.45) is 0 Å². The maximum Gasteiger partial charge on any atom is 0.389 e. The maximum absolute atomic E-state index is 12.0. The van der Waals surface area contributed by atoms with Gasteiger partial charge in [0.1, 0.15) is 5.75 Å². The molecule has 0 aliphatic carbocycles. The summed E-state index contributed by atoms with van der Waals surface area (Å²) in [4.78, 5) is 12.0. The lowest BCUT2D eigenvalue weighted by molar-refractivity contribution is -0.136. The number of Topliss-reactive ketones (excluding diaryl/α,β-unsaturated/α-hetero) is 1. The topological polar surface area (TPSA) is 26.3 Å². The van der Waals surface area contributed by atoms with Crippen molar-refractivity contribution in [2.45, 2.75) is 31.9 Å². The molecular formula is C19H19F3O2. The molecule has 2 aromatic carbocycles. The number of rotatable bonds is 8. The number of alkyl halides is 3. The Bertz CT molecular complexity index is 634. The minimum atomic E-state index is -4.14. The van der Waals surface area contributed by atoms with E-state index >= 15 is 0 Å². The Kier molecular flexibility index (Phi) is 6.41. The highest BCUT2D eigenvalue weighted by Gasteiger charge is 2.26. The summed E-state index contributed by atoms with van der Waals surface area (Å²) < 4.78 is 41.4. The molecule has 0 aromatic heterocycles. The normalized spacial score (nSPS) is 11.3. The van der Waals surface area contributed by atoms with E-state index in [9.17, 15) is 18.0 Å². The average Bonchev–Trinajstić information content (AvgIpc) is 2.57. The summed E-state index contributed by atoms with van der Waals surface area (Å²) >= 11 is 0. The molecule has 0 heterocycles. The van der Waals surface area contributed by atoms with Crippen molar-refractivity contribution in [3.63, 3.8) is 0 Å². The Morgan fingerprint density at radius 2 is 1.62 bits per heavy atom. The zero-order chi connectivity index (χ0) is 17.4. The van der Waals surface area contributed by atoms with Gasteiger partial charge in [0.2, 0.25) is 0 Å². The number of hydrogen-bond donors (Lipinski definition) is 0. The van der Waals surface area contributed by atoms with Gasteiger partial charge in [0.25, 0.3) is 0 Å². The molecule has 5 heteroatoms. The summed E-state index contributed by atoms with van der Waals surface area (Å²) in [5.74, 6) is 0.624. The lowest BCUT2D eigenvalue weighted by Crippen LogP contribution is -2.09. The Labute approximate surface area is 139 Å². The molecule has 0 unspecified atom stereocenters. The van der Waals surface area contributed by atoms with Crippen LogP contribution in [0.5, 0.6) is 5.75 Å². The number of ether oxygens (including phenoxy) is 1. The number of aryl methyl sites for hydroxylation is 1. The third-order valence-corrected chi connectivity index (χ3v) is 3.53. The van der Waals surface area contributed by atoms with Crippen LogP contribution in [0.1, 0.15) is 35.2 Å². The molecular weight excluding hydrogens is 317 g/mol. The highest BCUT2D eigenvalue weighted by molar-refractivity contribution is 5.96. The van der Waals surface area contributed by atoms with Crippen molar-refractivity contribution in [2.75, 3.05) is 6.61 Å². The van der Waals surface area contributed by atoms with Crippen molar-refractivity contribution >= 4 is 5.78 Å². The molecule has 0 N–H and O–H groups in total. The van der Waals surface area contributed by atoms with Crippen molar-refractivity contribution in [3.8, 4) is 5.75 Å². The van der Waals surface area contributed by atoms with E-state index < -0.39 is 12.6 Å². The lowest BCUT2D eigenvalue weighted by Gasteiger charge is -2.09. The molecule has 0 saturated carbocycles. The predicted molar refractivity (Wildman–Crippen MR) is 86.3 cm³/mol. The van der Waals surface area contributed by atoms with Crippen molar-refractivity contribution < 1.29 is 22.7 Å². The number of benzene rings is 2. The fourth-order valence-electron chi connectivity index (χ4n) is 2.24. The van der Waals surface area contributed by atoms with Gasteiger partial charge in [-0.1, -0.05) is 42.5 Å². The second-order valence-corrected chi connectivity index (χ2v) is 5.50. The molecule has 0 bridgehead atoms. The predicted octanol–water partition coefficient (Wildman–Crippen LogP) is 5.22. The van der Waals surface area contributed by atoms with Gasteiger partial charge in [0.05, 0.1) is 6.61 Å². The van der Waals surface area contributed by atoms with Gasteiger partial charge in [0, 0.05) is 18.4 Å². The van der Waals surface area contributed by atoms with Gasteiger partial charge >= 0.3 is 6.18 Å². The van der Waals surface area contributed by atoms with Crippen molar-refractivity contribution in [1.82, 2.24) is 0 Å². The molecule has 0 atom stereocenters. The quantitative estimate of drug-likeness (QED) is 0.488. The average molecular weight is 336 g/mol. The van der Waals surface area contributed by atoms with Crippen LogP contribution in [0.3, 0.4) is 0 Å². The van der Waals surface area contributed by atoms with Crippen LogP contribution in [-0.2, 0) is 6.42 Å². The van der Waals surface area contributed by atoms with Gasteiger partial charge in [0.15, 0.2) is 5.78 Å². The van der Waals surface area contributed by atoms with E-state index in [0.717, 1.165) is 5.56 Å².